The number of aliphatic imine (C=N–C) groups is 1. The normalized spacial score (nSPS) is 12.9. The summed E-state index contributed by atoms with van der Waals surface area (Å²) in [6.45, 7) is 9.99. The Morgan fingerprint density at radius 3 is 1.85 bits per heavy atom. The first kappa shape index (κ1) is 9.97. The van der Waals surface area contributed by atoms with Gasteiger partial charge in [0, 0.05) is 0 Å². The smallest absolute Gasteiger partial charge is 0.0713 e. The van der Waals surface area contributed by atoms with Gasteiger partial charge < -0.3 is 0 Å². The molecule has 1 unspecified atom stereocenters. The van der Waals surface area contributed by atoms with E-state index in [1.807, 2.05) is 0 Å². The van der Waals surface area contributed by atoms with Crippen molar-refractivity contribution < 1.29 is 0 Å². The number of rotatable bonds is 3. The van der Waals surface area contributed by atoms with E-state index in [0.717, 1.165) is 0 Å². The Labute approximate surface area is 80.5 Å². The average molecular weight is 175 g/mol. The molecule has 0 aliphatic carbocycles. The number of hydrogen-bond acceptors (Lipinski definition) is 1. The highest BCUT2D eigenvalue weighted by Gasteiger charge is 2.02. The van der Waals surface area contributed by atoms with Crippen molar-refractivity contribution in [1.82, 2.24) is 0 Å². The highest BCUT2D eigenvalue weighted by atomic mass is 14.7. The van der Waals surface area contributed by atoms with Crippen LogP contribution in [0.1, 0.15) is 43.9 Å². The molecule has 0 aromatic heterocycles. The van der Waals surface area contributed by atoms with E-state index < -0.39 is 0 Å². The molecule has 0 aliphatic rings. The molecule has 1 aromatic rings. The Balaban J connectivity index is 2.87. The van der Waals surface area contributed by atoms with Gasteiger partial charge in [-0.2, -0.15) is 0 Å². The Morgan fingerprint density at radius 1 is 1.00 bits per heavy atom. The third kappa shape index (κ3) is 2.41. The van der Waals surface area contributed by atoms with E-state index in [1.165, 1.54) is 11.1 Å². The average Bonchev–Trinajstić information content (AvgIpc) is 2.17. The van der Waals surface area contributed by atoms with Gasteiger partial charge in [-0.3, -0.25) is 4.99 Å². The summed E-state index contributed by atoms with van der Waals surface area (Å²) < 4.78 is 0. The van der Waals surface area contributed by atoms with Gasteiger partial charge in [0.1, 0.15) is 0 Å². The van der Waals surface area contributed by atoms with Crippen LogP contribution in [-0.2, 0) is 0 Å². The quantitative estimate of drug-likeness (QED) is 0.623. The predicted octanol–water partition coefficient (Wildman–Crippen LogP) is 3.57. The largest absolute Gasteiger partial charge is 0.293 e. The zero-order valence-electron chi connectivity index (χ0n) is 8.62. The number of benzene rings is 1. The van der Waals surface area contributed by atoms with Crippen LogP contribution in [0.5, 0.6) is 0 Å². The molecule has 1 atom stereocenters. The van der Waals surface area contributed by atoms with Crippen LogP contribution >= 0.6 is 0 Å². The van der Waals surface area contributed by atoms with Crippen molar-refractivity contribution in [2.75, 3.05) is 0 Å². The summed E-state index contributed by atoms with van der Waals surface area (Å²) in [6, 6.07) is 8.81. The number of nitrogens with zero attached hydrogens (tertiary/aromatic N) is 1. The SMILES string of the molecule is C=NC(C)c1ccc(C(C)C)cc1. The predicted molar refractivity (Wildman–Crippen MR) is 58.5 cm³/mol. The Hall–Kier alpha value is -1.11. The molecule has 13 heavy (non-hydrogen) atoms. The van der Waals surface area contributed by atoms with Crippen molar-refractivity contribution in [2.45, 2.75) is 32.7 Å². The van der Waals surface area contributed by atoms with E-state index in [-0.39, 0.29) is 6.04 Å². The summed E-state index contributed by atoms with van der Waals surface area (Å²) in [5.74, 6) is 0.598. The molecule has 0 amide bonds. The van der Waals surface area contributed by atoms with Gasteiger partial charge in [0.25, 0.3) is 0 Å². The van der Waals surface area contributed by atoms with E-state index in [9.17, 15) is 0 Å². The van der Waals surface area contributed by atoms with Gasteiger partial charge in [0.15, 0.2) is 0 Å². The maximum atomic E-state index is 3.98. The molecule has 0 saturated carbocycles. The second-order valence-electron chi connectivity index (χ2n) is 3.68. The molecule has 1 heteroatoms. The van der Waals surface area contributed by atoms with Crippen LogP contribution in [0.15, 0.2) is 29.3 Å². The van der Waals surface area contributed by atoms with Crippen molar-refractivity contribution >= 4 is 6.72 Å². The molecule has 70 valence electrons. The van der Waals surface area contributed by atoms with Crippen molar-refractivity contribution in [3.8, 4) is 0 Å². The van der Waals surface area contributed by atoms with Gasteiger partial charge in [-0.15, -0.1) is 0 Å². The van der Waals surface area contributed by atoms with Crippen LogP contribution in [0, 0.1) is 0 Å². The van der Waals surface area contributed by atoms with Crippen molar-refractivity contribution in [2.24, 2.45) is 4.99 Å². The molecule has 1 nitrogen and oxygen atoms in total. The molecule has 0 aliphatic heterocycles. The minimum absolute atomic E-state index is 0.209. The van der Waals surface area contributed by atoms with Gasteiger partial charge in [0.05, 0.1) is 6.04 Å². The maximum absolute atomic E-state index is 3.98. The van der Waals surface area contributed by atoms with Gasteiger partial charge in [0.2, 0.25) is 0 Å². The van der Waals surface area contributed by atoms with Crippen LogP contribution in [0.4, 0.5) is 0 Å². The highest BCUT2D eigenvalue weighted by Crippen LogP contribution is 2.19. The Bertz CT molecular complexity index is 272. The first-order valence-corrected chi connectivity index (χ1v) is 4.71. The van der Waals surface area contributed by atoms with E-state index >= 15 is 0 Å². The fourth-order valence-corrected chi connectivity index (χ4v) is 1.26. The molecule has 1 aromatic carbocycles. The molecule has 0 radical (unpaired) electrons. The molecule has 0 spiro atoms. The fraction of sp³-hybridized carbons (Fsp3) is 0.417. The maximum Gasteiger partial charge on any atom is 0.0713 e. The lowest BCUT2D eigenvalue weighted by Gasteiger charge is -2.09. The monoisotopic (exact) mass is 175 g/mol. The first-order chi connectivity index (χ1) is 6.15. The lowest BCUT2D eigenvalue weighted by atomic mass is 10.00. The van der Waals surface area contributed by atoms with Gasteiger partial charge in [-0.05, 0) is 30.7 Å². The standard InChI is InChI=1S/C12H17N/c1-9(2)11-5-7-12(8-6-11)10(3)13-4/h5-10H,4H2,1-3H3. The van der Waals surface area contributed by atoms with E-state index in [0.29, 0.717) is 5.92 Å². The van der Waals surface area contributed by atoms with Gasteiger partial charge in [-0.25, -0.2) is 0 Å². The Morgan fingerprint density at radius 2 is 1.46 bits per heavy atom. The van der Waals surface area contributed by atoms with Gasteiger partial charge in [-0.1, -0.05) is 38.1 Å². The number of hydrogen-bond donors (Lipinski definition) is 0. The van der Waals surface area contributed by atoms with Crippen LogP contribution in [0.25, 0.3) is 0 Å². The molecule has 0 fully saturated rings. The minimum Gasteiger partial charge on any atom is -0.293 e. The Kier molecular flexibility index (Phi) is 3.24. The zero-order valence-corrected chi connectivity index (χ0v) is 8.62. The molecule has 1 rings (SSSR count). The lowest BCUT2D eigenvalue weighted by molar-refractivity contribution is 0.819. The van der Waals surface area contributed by atoms with Gasteiger partial charge >= 0.3 is 0 Å². The second kappa shape index (κ2) is 4.22. The van der Waals surface area contributed by atoms with Crippen molar-refractivity contribution in [1.29, 1.82) is 0 Å². The van der Waals surface area contributed by atoms with Crippen LogP contribution in [0.2, 0.25) is 0 Å². The second-order valence-corrected chi connectivity index (χ2v) is 3.68. The summed E-state index contributed by atoms with van der Waals surface area (Å²) in [5.41, 5.74) is 2.61. The van der Waals surface area contributed by atoms with Crippen LogP contribution in [0.3, 0.4) is 0 Å². The summed E-state index contributed by atoms with van der Waals surface area (Å²) in [5, 5.41) is 0. The first-order valence-electron chi connectivity index (χ1n) is 4.71. The third-order valence-corrected chi connectivity index (χ3v) is 2.36. The van der Waals surface area contributed by atoms with Crippen molar-refractivity contribution in [3.63, 3.8) is 0 Å². The third-order valence-electron chi connectivity index (χ3n) is 2.36. The summed E-state index contributed by atoms with van der Waals surface area (Å²) in [4.78, 5) is 3.98. The molecule has 0 saturated heterocycles. The highest BCUT2D eigenvalue weighted by molar-refractivity contribution is 5.30. The summed E-state index contributed by atoms with van der Waals surface area (Å²) in [6.07, 6.45) is 0. The molecule has 0 bridgehead atoms. The van der Waals surface area contributed by atoms with E-state index in [2.05, 4.69) is 56.7 Å². The molecule has 0 heterocycles. The molecule has 0 N–H and O–H groups in total. The van der Waals surface area contributed by atoms with Crippen molar-refractivity contribution in [3.05, 3.63) is 35.4 Å². The summed E-state index contributed by atoms with van der Waals surface area (Å²) in [7, 11) is 0. The molecular weight excluding hydrogens is 158 g/mol. The fourth-order valence-electron chi connectivity index (χ4n) is 1.26. The van der Waals surface area contributed by atoms with Crippen LogP contribution < -0.4 is 0 Å². The topological polar surface area (TPSA) is 12.4 Å². The van der Waals surface area contributed by atoms with E-state index in [4.69, 9.17) is 0 Å². The van der Waals surface area contributed by atoms with Crippen LogP contribution in [-0.4, -0.2) is 6.72 Å². The summed E-state index contributed by atoms with van der Waals surface area (Å²) >= 11 is 0. The lowest BCUT2D eigenvalue weighted by Crippen LogP contribution is -1.91. The van der Waals surface area contributed by atoms with E-state index in [1.54, 1.807) is 0 Å². The zero-order chi connectivity index (χ0) is 9.84. The molecular formula is C12H17N. The minimum atomic E-state index is 0.209.